The molecule has 1 aromatic heterocycles. The van der Waals surface area contributed by atoms with E-state index in [-0.39, 0.29) is 30.2 Å². The summed E-state index contributed by atoms with van der Waals surface area (Å²) in [5.74, 6) is -0.671. The summed E-state index contributed by atoms with van der Waals surface area (Å²) in [6.45, 7) is 6.82. The minimum absolute atomic E-state index is 0.0552. The number of hydrogen-bond acceptors (Lipinski definition) is 5. The topological polar surface area (TPSA) is 95.6 Å². The molecule has 1 saturated heterocycles. The standard InChI is InChI=1S/C17H27N3O4S2/c1-12(2)16(21)18-8-9-19-17(22)14-5-4-10-20(11-14)26(23,24)15-7-6-13(3)25-15/h6-7,12,14H,4-5,8-11H2,1-3H3,(H,18,21)(H,19,22)/t14-/m0/s1. The summed E-state index contributed by atoms with van der Waals surface area (Å²) in [7, 11) is -3.54. The van der Waals surface area contributed by atoms with Crippen LogP contribution in [0.25, 0.3) is 0 Å². The third-order valence-electron chi connectivity index (χ3n) is 4.31. The molecule has 1 aliphatic rings. The maximum Gasteiger partial charge on any atom is 0.252 e. The summed E-state index contributed by atoms with van der Waals surface area (Å²) in [6.07, 6.45) is 1.32. The minimum atomic E-state index is -3.54. The first kappa shape index (κ1) is 20.9. The summed E-state index contributed by atoms with van der Waals surface area (Å²) >= 11 is 1.25. The van der Waals surface area contributed by atoms with Crippen LogP contribution in [0.1, 0.15) is 31.6 Å². The normalized spacial score (nSPS) is 18.7. The first-order chi connectivity index (χ1) is 12.2. The van der Waals surface area contributed by atoms with Crippen molar-refractivity contribution in [2.45, 2.75) is 37.8 Å². The third-order valence-corrected chi connectivity index (χ3v) is 7.65. The Morgan fingerprint density at radius 2 is 1.96 bits per heavy atom. The highest BCUT2D eigenvalue weighted by molar-refractivity contribution is 7.91. The summed E-state index contributed by atoms with van der Waals surface area (Å²) in [5, 5.41) is 5.53. The molecule has 0 unspecified atom stereocenters. The molecule has 146 valence electrons. The molecule has 9 heteroatoms. The number of aryl methyl sites for hydroxylation is 1. The van der Waals surface area contributed by atoms with E-state index in [1.165, 1.54) is 15.6 Å². The Labute approximate surface area is 159 Å². The molecule has 0 saturated carbocycles. The molecular weight excluding hydrogens is 374 g/mol. The van der Waals surface area contributed by atoms with Gasteiger partial charge in [-0.15, -0.1) is 11.3 Å². The highest BCUT2D eigenvalue weighted by atomic mass is 32.2. The molecular formula is C17H27N3O4S2. The van der Waals surface area contributed by atoms with E-state index < -0.39 is 10.0 Å². The SMILES string of the molecule is Cc1ccc(S(=O)(=O)N2CCC[C@H](C(=O)NCCNC(=O)C(C)C)C2)s1. The van der Waals surface area contributed by atoms with Gasteiger partial charge in [0.2, 0.25) is 11.8 Å². The van der Waals surface area contributed by atoms with Gasteiger partial charge in [0.1, 0.15) is 4.21 Å². The van der Waals surface area contributed by atoms with Crippen molar-refractivity contribution in [2.75, 3.05) is 26.2 Å². The van der Waals surface area contributed by atoms with Crippen LogP contribution in [0.5, 0.6) is 0 Å². The molecule has 0 aromatic carbocycles. The Balaban J connectivity index is 1.87. The van der Waals surface area contributed by atoms with E-state index in [1.54, 1.807) is 26.0 Å². The maximum absolute atomic E-state index is 12.7. The summed E-state index contributed by atoms with van der Waals surface area (Å²) in [4.78, 5) is 24.8. The molecule has 26 heavy (non-hydrogen) atoms. The maximum atomic E-state index is 12.7. The lowest BCUT2D eigenvalue weighted by atomic mass is 9.99. The zero-order valence-electron chi connectivity index (χ0n) is 15.4. The molecule has 0 spiro atoms. The van der Waals surface area contributed by atoms with Crippen LogP contribution in [0.2, 0.25) is 0 Å². The Hall–Kier alpha value is -1.45. The van der Waals surface area contributed by atoms with Crippen molar-refractivity contribution in [3.63, 3.8) is 0 Å². The van der Waals surface area contributed by atoms with Gasteiger partial charge in [-0.05, 0) is 31.9 Å². The lowest BCUT2D eigenvalue weighted by Gasteiger charge is -2.30. The van der Waals surface area contributed by atoms with Crippen molar-refractivity contribution in [3.8, 4) is 0 Å². The van der Waals surface area contributed by atoms with Gasteiger partial charge in [0.15, 0.2) is 0 Å². The Morgan fingerprint density at radius 3 is 2.58 bits per heavy atom. The second kappa shape index (κ2) is 8.96. The monoisotopic (exact) mass is 401 g/mol. The lowest BCUT2D eigenvalue weighted by Crippen LogP contribution is -2.46. The average Bonchev–Trinajstić information content (AvgIpc) is 3.05. The van der Waals surface area contributed by atoms with Crippen LogP contribution in [0.3, 0.4) is 0 Å². The van der Waals surface area contributed by atoms with Gasteiger partial charge in [-0.25, -0.2) is 8.42 Å². The van der Waals surface area contributed by atoms with Crippen molar-refractivity contribution in [3.05, 3.63) is 17.0 Å². The van der Waals surface area contributed by atoms with Gasteiger partial charge < -0.3 is 10.6 Å². The molecule has 2 N–H and O–H groups in total. The quantitative estimate of drug-likeness (QED) is 0.674. The van der Waals surface area contributed by atoms with Crippen molar-refractivity contribution < 1.29 is 18.0 Å². The number of piperidine rings is 1. The number of carbonyl (C=O) groups excluding carboxylic acids is 2. The van der Waals surface area contributed by atoms with Crippen molar-refractivity contribution in [2.24, 2.45) is 11.8 Å². The predicted octanol–water partition coefficient (Wildman–Crippen LogP) is 1.35. The third kappa shape index (κ3) is 5.28. The summed E-state index contributed by atoms with van der Waals surface area (Å²) < 4.78 is 27.2. The van der Waals surface area contributed by atoms with Crippen molar-refractivity contribution >= 4 is 33.2 Å². The summed E-state index contributed by atoms with van der Waals surface area (Å²) in [5.41, 5.74) is 0. The number of carbonyl (C=O) groups is 2. The minimum Gasteiger partial charge on any atom is -0.354 e. The molecule has 0 aliphatic carbocycles. The molecule has 2 heterocycles. The molecule has 7 nitrogen and oxygen atoms in total. The fourth-order valence-electron chi connectivity index (χ4n) is 2.77. The second-order valence-corrected chi connectivity index (χ2v) is 10.3. The van der Waals surface area contributed by atoms with Gasteiger partial charge >= 0.3 is 0 Å². The van der Waals surface area contributed by atoms with Crippen LogP contribution < -0.4 is 10.6 Å². The Bertz CT molecular complexity index is 743. The number of nitrogens with zero attached hydrogens (tertiary/aromatic N) is 1. The number of hydrogen-bond donors (Lipinski definition) is 2. The van der Waals surface area contributed by atoms with Crippen LogP contribution in [0.15, 0.2) is 16.3 Å². The van der Waals surface area contributed by atoms with E-state index in [2.05, 4.69) is 10.6 Å². The van der Waals surface area contributed by atoms with Crippen molar-refractivity contribution in [1.29, 1.82) is 0 Å². The molecule has 1 aliphatic heterocycles. The molecule has 0 bridgehead atoms. The average molecular weight is 402 g/mol. The number of nitrogens with one attached hydrogen (secondary N) is 2. The number of rotatable bonds is 7. The predicted molar refractivity (Wildman–Crippen MR) is 101 cm³/mol. The lowest BCUT2D eigenvalue weighted by molar-refractivity contribution is -0.127. The smallest absolute Gasteiger partial charge is 0.252 e. The largest absolute Gasteiger partial charge is 0.354 e. The zero-order chi connectivity index (χ0) is 19.3. The zero-order valence-corrected chi connectivity index (χ0v) is 17.1. The van der Waals surface area contributed by atoms with Gasteiger partial charge in [-0.3, -0.25) is 9.59 Å². The van der Waals surface area contributed by atoms with Crippen LogP contribution in [0.4, 0.5) is 0 Å². The summed E-state index contributed by atoms with van der Waals surface area (Å²) in [6, 6.07) is 3.41. The van der Waals surface area contributed by atoms with Crippen LogP contribution in [-0.4, -0.2) is 50.7 Å². The van der Waals surface area contributed by atoms with E-state index in [4.69, 9.17) is 0 Å². The van der Waals surface area contributed by atoms with E-state index in [0.717, 1.165) is 4.88 Å². The Kier molecular flexibility index (Phi) is 7.19. The van der Waals surface area contributed by atoms with Crippen LogP contribution in [0, 0.1) is 18.8 Å². The molecule has 0 radical (unpaired) electrons. The molecule has 1 aromatic rings. The number of amides is 2. The number of thiophene rings is 1. The second-order valence-electron chi connectivity index (χ2n) is 6.80. The number of sulfonamides is 1. The highest BCUT2D eigenvalue weighted by Crippen LogP contribution is 2.28. The highest BCUT2D eigenvalue weighted by Gasteiger charge is 2.33. The fraction of sp³-hybridized carbons (Fsp3) is 0.647. The van der Waals surface area contributed by atoms with Gasteiger partial charge in [0.05, 0.1) is 5.92 Å². The van der Waals surface area contributed by atoms with Gasteiger partial charge in [0, 0.05) is 37.0 Å². The van der Waals surface area contributed by atoms with Gasteiger partial charge in [0.25, 0.3) is 10.0 Å². The van der Waals surface area contributed by atoms with Crippen LogP contribution in [-0.2, 0) is 19.6 Å². The van der Waals surface area contributed by atoms with E-state index in [1.807, 2.05) is 6.92 Å². The Morgan fingerprint density at radius 1 is 1.27 bits per heavy atom. The molecule has 2 amide bonds. The van der Waals surface area contributed by atoms with Crippen LogP contribution >= 0.6 is 11.3 Å². The molecule has 2 rings (SSSR count). The molecule has 1 fully saturated rings. The van der Waals surface area contributed by atoms with Crippen molar-refractivity contribution in [1.82, 2.24) is 14.9 Å². The molecule has 1 atom stereocenters. The first-order valence-corrected chi connectivity index (χ1v) is 11.1. The van der Waals surface area contributed by atoms with Gasteiger partial charge in [-0.1, -0.05) is 13.8 Å². The van der Waals surface area contributed by atoms with E-state index in [9.17, 15) is 18.0 Å². The first-order valence-electron chi connectivity index (χ1n) is 8.84. The van der Waals surface area contributed by atoms with E-state index >= 15 is 0 Å². The van der Waals surface area contributed by atoms with E-state index in [0.29, 0.717) is 36.7 Å². The fourth-order valence-corrected chi connectivity index (χ4v) is 5.73. The van der Waals surface area contributed by atoms with Gasteiger partial charge in [-0.2, -0.15) is 4.31 Å².